The van der Waals surface area contributed by atoms with Gasteiger partial charge in [0.2, 0.25) is 0 Å². The summed E-state index contributed by atoms with van der Waals surface area (Å²) in [6.45, 7) is 0. The molecule has 0 heterocycles. The SMILES string of the molecule is COC(=O)c1cc(C(=N)N)ccc1O. The second kappa shape index (κ2) is 3.78. The summed E-state index contributed by atoms with van der Waals surface area (Å²) in [4.78, 5) is 11.1. The third-order valence-electron chi connectivity index (χ3n) is 1.71. The van der Waals surface area contributed by atoms with Gasteiger partial charge < -0.3 is 15.6 Å². The molecule has 0 unspecified atom stereocenters. The van der Waals surface area contributed by atoms with Gasteiger partial charge >= 0.3 is 5.97 Å². The van der Waals surface area contributed by atoms with E-state index in [0.717, 1.165) is 0 Å². The Kier molecular flexibility index (Phi) is 2.71. The number of carbonyl (C=O) groups is 1. The fourth-order valence-electron chi connectivity index (χ4n) is 0.977. The molecule has 1 rings (SSSR count). The first kappa shape index (κ1) is 10.0. The van der Waals surface area contributed by atoms with Crippen molar-refractivity contribution in [3.8, 4) is 5.75 Å². The van der Waals surface area contributed by atoms with Crippen LogP contribution >= 0.6 is 0 Å². The van der Waals surface area contributed by atoms with Crippen molar-refractivity contribution in [3.05, 3.63) is 29.3 Å². The number of ether oxygens (including phenoxy) is 1. The van der Waals surface area contributed by atoms with E-state index in [0.29, 0.717) is 5.56 Å². The number of hydrogen-bond acceptors (Lipinski definition) is 4. The van der Waals surface area contributed by atoms with Gasteiger partial charge in [0.15, 0.2) is 0 Å². The lowest BCUT2D eigenvalue weighted by Crippen LogP contribution is -2.12. The lowest BCUT2D eigenvalue weighted by Gasteiger charge is -2.04. The largest absolute Gasteiger partial charge is 0.507 e. The molecule has 5 heteroatoms. The van der Waals surface area contributed by atoms with Crippen molar-refractivity contribution in [3.63, 3.8) is 0 Å². The normalized spacial score (nSPS) is 9.50. The van der Waals surface area contributed by atoms with E-state index in [9.17, 15) is 9.90 Å². The van der Waals surface area contributed by atoms with Gasteiger partial charge in [-0.2, -0.15) is 0 Å². The van der Waals surface area contributed by atoms with Crippen LogP contribution in [0.25, 0.3) is 0 Å². The summed E-state index contributed by atoms with van der Waals surface area (Å²) >= 11 is 0. The Bertz CT molecular complexity index is 388. The molecule has 4 N–H and O–H groups in total. The number of rotatable bonds is 2. The summed E-state index contributed by atoms with van der Waals surface area (Å²) in [6.07, 6.45) is 0. The van der Waals surface area contributed by atoms with Crippen molar-refractivity contribution in [1.29, 1.82) is 5.41 Å². The first-order valence-corrected chi connectivity index (χ1v) is 3.82. The molecule has 0 aliphatic rings. The number of carbonyl (C=O) groups excluding carboxylic acids is 1. The van der Waals surface area contributed by atoms with Crippen LogP contribution < -0.4 is 5.73 Å². The van der Waals surface area contributed by atoms with Gasteiger partial charge in [0.05, 0.1) is 7.11 Å². The van der Waals surface area contributed by atoms with Crippen molar-refractivity contribution in [2.75, 3.05) is 7.11 Å². The second-order valence-corrected chi connectivity index (χ2v) is 2.64. The predicted molar refractivity (Wildman–Crippen MR) is 50.5 cm³/mol. The van der Waals surface area contributed by atoms with Gasteiger partial charge in [-0.3, -0.25) is 5.41 Å². The molecule has 1 aromatic carbocycles. The molecule has 74 valence electrons. The molecular weight excluding hydrogens is 184 g/mol. The first-order chi connectivity index (χ1) is 6.56. The van der Waals surface area contributed by atoms with Crippen LogP contribution in [0.4, 0.5) is 0 Å². The maximum atomic E-state index is 11.1. The Morgan fingerprint density at radius 3 is 2.71 bits per heavy atom. The zero-order valence-corrected chi connectivity index (χ0v) is 7.57. The second-order valence-electron chi connectivity index (χ2n) is 2.64. The van der Waals surface area contributed by atoms with Gasteiger partial charge in [-0.1, -0.05) is 0 Å². The molecule has 1 aromatic rings. The highest BCUT2D eigenvalue weighted by molar-refractivity contribution is 5.99. The predicted octanol–water partition coefficient (Wildman–Crippen LogP) is 0.463. The van der Waals surface area contributed by atoms with E-state index in [-0.39, 0.29) is 17.1 Å². The first-order valence-electron chi connectivity index (χ1n) is 3.82. The summed E-state index contributed by atoms with van der Waals surface area (Å²) < 4.78 is 4.44. The summed E-state index contributed by atoms with van der Waals surface area (Å²) in [5.74, 6) is -1.03. The molecule has 0 amide bonds. The monoisotopic (exact) mass is 194 g/mol. The number of hydrogen-bond donors (Lipinski definition) is 3. The molecule has 14 heavy (non-hydrogen) atoms. The van der Waals surface area contributed by atoms with Crippen molar-refractivity contribution in [2.45, 2.75) is 0 Å². The maximum Gasteiger partial charge on any atom is 0.341 e. The number of benzene rings is 1. The highest BCUT2D eigenvalue weighted by Crippen LogP contribution is 2.18. The summed E-state index contributed by atoms with van der Waals surface area (Å²) in [5.41, 5.74) is 5.59. The smallest absolute Gasteiger partial charge is 0.341 e. The van der Waals surface area contributed by atoms with Crippen LogP contribution in [0.1, 0.15) is 15.9 Å². The minimum absolute atomic E-state index is 0.000185. The zero-order valence-electron chi connectivity index (χ0n) is 7.57. The molecule has 0 aliphatic heterocycles. The Labute approximate surface area is 80.6 Å². The van der Waals surface area contributed by atoms with Gasteiger partial charge in [-0.15, -0.1) is 0 Å². The van der Waals surface area contributed by atoms with Crippen molar-refractivity contribution < 1.29 is 14.6 Å². The molecule has 0 spiro atoms. The molecule has 0 fully saturated rings. The van der Waals surface area contributed by atoms with Crippen molar-refractivity contribution in [1.82, 2.24) is 0 Å². The molecule has 0 saturated carbocycles. The molecule has 0 aliphatic carbocycles. The molecule has 0 atom stereocenters. The highest BCUT2D eigenvalue weighted by atomic mass is 16.5. The number of phenols is 1. The van der Waals surface area contributed by atoms with Gasteiger partial charge in [0.1, 0.15) is 17.1 Å². The lowest BCUT2D eigenvalue weighted by atomic mass is 10.1. The average Bonchev–Trinajstić information content (AvgIpc) is 2.17. The van der Waals surface area contributed by atoms with Crippen LogP contribution in [-0.4, -0.2) is 24.0 Å². The van der Waals surface area contributed by atoms with Crippen molar-refractivity contribution >= 4 is 11.8 Å². The maximum absolute atomic E-state index is 11.1. The average molecular weight is 194 g/mol. The minimum atomic E-state index is -0.661. The van der Waals surface area contributed by atoms with E-state index >= 15 is 0 Å². The van der Waals surface area contributed by atoms with Gasteiger partial charge in [0.25, 0.3) is 0 Å². The standard InChI is InChI=1S/C9H10N2O3/c1-14-9(13)6-4-5(8(10)11)2-3-7(6)12/h2-4,12H,1H3,(H3,10,11). The summed E-state index contributed by atoms with van der Waals surface area (Å²) in [7, 11) is 1.21. The molecule has 5 nitrogen and oxygen atoms in total. The quantitative estimate of drug-likeness (QED) is 0.362. The third kappa shape index (κ3) is 1.82. The molecule has 0 radical (unpaired) electrons. The van der Waals surface area contributed by atoms with Crippen LogP contribution in [0.3, 0.4) is 0 Å². The highest BCUT2D eigenvalue weighted by Gasteiger charge is 2.12. The van der Waals surface area contributed by atoms with E-state index in [4.69, 9.17) is 11.1 Å². The molecule has 0 bridgehead atoms. The fourth-order valence-corrected chi connectivity index (χ4v) is 0.977. The van der Waals surface area contributed by atoms with E-state index < -0.39 is 5.97 Å². The number of amidine groups is 1. The van der Waals surface area contributed by atoms with E-state index in [1.165, 1.54) is 25.3 Å². The van der Waals surface area contributed by atoms with Crippen molar-refractivity contribution in [2.24, 2.45) is 5.73 Å². The molecule has 0 aromatic heterocycles. The zero-order chi connectivity index (χ0) is 10.7. The topological polar surface area (TPSA) is 96.4 Å². The number of nitrogens with one attached hydrogen (secondary N) is 1. The number of aromatic hydroxyl groups is 1. The van der Waals surface area contributed by atoms with E-state index in [1.54, 1.807) is 0 Å². The number of phenolic OH excluding ortho intramolecular Hbond substituents is 1. The van der Waals surface area contributed by atoms with Gasteiger partial charge in [-0.05, 0) is 18.2 Å². The van der Waals surface area contributed by atoms with E-state index in [2.05, 4.69) is 4.74 Å². The van der Waals surface area contributed by atoms with E-state index in [1.807, 2.05) is 0 Å². The Morgan fingerprint density at radius 2 is 2.21 bits per heavy atom. The Hall–Kier alpha value is -2.04. The van der Waals surface area contributed by atoms with Crippen LogP contribution in [0, 0.1) is 5.41 Å². The number of nitrogen functional groups attached to an aromatic ring is 1. The number of methoxy groups -OCH3 is 1. The fraction of sp³-hybridized carbons (Fsp3) is 0.111. The molecule has 0 saturated heterocycles. The molecular formula is C9H10N2O3. The van der Waals surface area contributed by atoms with Crippen LogP contribution in [-0.2, 0) is 4.74 Å². The third-order valence-corrected chi connectivity index (χ3v) is 1.71. The van der Waals surface area contributed by atoms with Crippen LogP contribution in [0.15, 0.2) is 18.2 Å². The Balaban J connectivity index is 3.21. The minimum Gasteiger partial charge on any atom is -0.507 e. The summed E-state index contributed by atoms with van der Waals surface area (Å²) in [6, 6.07) is 4.05. The summed E-state index contributed by atoms with van der Waals surface area (Å²) in [5, 5.41) is 16.5. The Morgan fingerprint density at radius 1 is 1.57 bits per heavy atom. The lowest BCUT2D eigenvalue weighted by molar-refractivity contribution is 0.0597. The van der Waals surface area contributed by atoms with Gasteiger partial charge in [0, 0.05) is 5.56 Å². The van der Waals surface area contributed by atoms with Crippen LogP contribution in [0.2, 0.25) is 0 Å². The number of esters is 1. The van der Waals surface area contributed by atoms with Gasteiger partial charge in [-0.25, -0.2) is 4.79 Å². The van der Waals surface area contributed by atoms with Crippen LogP contribution in [0.5, 0.6) is 5.75 Å². The number of nitrogens with two attached hydrogens (primary N) is 1.